The summed E-state index contributed by atoms with van der Waals surface area (Å²) in [5, 5.41) is 3.95. The van der Waals surface area contributed by atoms with Gasteiger partial charge in [-0.1, -0.05) is 291 Å². The van der Waals surface area contributed by atoms with Crippen LogP contribution in [-0.2, 0) is 40.5 Å². The molecule has 2 aliphatic heterocycles. The third-order valence-corrected chi connectivity index (χ3v) is 18.3. The Hall–Kier alpha value is -8.28. The fourth-order valence-electron chi connectivity index (χ4n) is 12.4. The zero-order chi connectivity index (χ0) is 53.4. The lowest BCUT2D eigenvalue weighted by atomic mass is 9.65. The molecule has 2 unspecified atom stereocenters. The molecule has 11 aromatic rings. The van der Waals surface area contributed by atoms with Crippen molar-refractivity contribution in [3.63, 3.8) is 0 Å². The Labute approximate surface area is 469 Å². The van der Waals surface area contributed by atoms with Crippen LogP contribution in [0.1, 0.15) is 51.8 Å². The van der Waals surface area contributed by atoms with E-state index >= 15 is 0 Å². The molecule has 388 valence electrons. The van der Waals surface area contributed by atoms with Crippen LogP contribution >= 0.6 is 17.2 Å². The molecule has 0 aromatic heterocycles. The quantitative estimate of drug-likeness (QED) is 0.107. The summed E-state index contributed by atoms with van der Waals surface area (Å²) in [6.45, 7) is 0. The highest BCUT2D eigenvalue weighted by Gasteiger charge is 2.69. The van der Waals surface area contributed by atoms with Gasteiger partial charge in [0.05, 0.1) is 0 Å². The van der Waals surface area contributed by atoms with Crippen molar-refractivity contribution in [2.24, 2.45) is 0 Å². The molecule has 0 radical (unpaired) electrons. The second kappa shape index (κ2) is 21.1. The topological polar surface area (TPSA) is 55.4 Å². The van der Waals surface area contributed by atoms with Crippen LogP contribution in [0.4, 0.5) is 0 Å². The van der Waals surface area contributed by atoms with Gasteiger partial charge in [0.1, 0.15) is 11.5 Å². The Balaban J connectivity index is 0.971. The van der Waals surface area contributed by atoms with Crippen molar-refractivity contribution in [1.29, 1.82) is 0 Å². The number of benzene rings is 11. The lowest BCUT2D eigenvalue weighted by Crippen LogP contribution is -2.49. The highest BCUT2D eigenvalue weighted by molar-refractivity contribution is 7.42. The van der Waals surface area contributed by atoms with Gasteiger partial charge in [0, 0.05) is 11.1 Å². The van der Waals surface area contributed by atoms with Crippen molar-refractivity contribution >= 4 is 38.7 Å². The monoisotopic (exact) mass is 1080 g/mol. The minimum atomic E-state index is -2.23. The van der Waals surface area contributed by atoms with Gasteiger partial charge >= 0.3 is 17.2 Å². The first-order chi connectivity index (χ1) is 39.6. The molecular formula is C72H54O6P2. The predicted octanol–water partition coefficient (Wildman–Crippen LogP) is 19.0. The van der Waals surface area contributed by atoms with Gasteiger partial charge in [0.25, 0.3) is 0 Å². The van der Waals surface area contributed by atoms with E-state index in [4.69, 9.17) is 27.1 Å². The van der Waals surface area contributed by atoms with Crippen molar-refractivity contribution in [2.45, 2.75) is 35.2 Å². The van der Waals surface area contributed by atoms with E-state index in [9.17, 15) is 0 Å². The third kappa shape index (κ3) is 8.09. The number of hydrogen-bond acceptors (Lipinski definition) is 6. The van der Waals surface area contributed by atoms with E-state index in [-0.39, 0.29) is 0 Å². The largest absolute Gasteiger partial charge is 0.426 e. The molecule has 0 amide bonds. The summed E-state index contributed by atoms with van der Waals surface area (Å²) in [7, 11) is -4.44. The van der Waals surface area contributed by atoms with Gasteiger partial charge in [-0.15, -0.1) is 0 Å². The standard InChI is InChI=1S/C72H54O6P2/c1-9-31-55(32-10-1)69(56-33-11-2-12-34-56)70(57-35-13-3-14-36-57,58-37-15-4-16-38-58)76-79(75-69)73-65-51-49-53-29-25-27-47-63(53)67(65)68-64-48-28-26-30-54(64)50-52-66(68)74-80-77-71(59-39-17-5-18-40-59,60-41-19-6-20-42-60)72(78-80,61-43-21-7-22-44-61)62-45-23-8-24-46-62/h1-7,9-23,25-52H,8,24H2. The van der Waals surface area contributed by atoms with E-state index in [2.05, 4.69) is 249 Å². The molecule has 0 N–H and O–H groups in total. The Morgan fingerprint density at radius 3 is 0.900 bits per heavy atom. The zero-order valence-corrected chi connectivity index (χ0v) is 45.4. The molecule has 1 aliphatic carbocycles. The van der Waals surface area contributed by atoms with Gasteiger partial charge in [-0.25, -0.2) is 0 Å². The molecule has 0 bridgehead atoms. The van der Waals surface area contributed by atoms with E-state index in [1.165, 1.54) is 0 Å². The van der Waals surface area contributed by atoms with E-state index in [0.717, 1.165) is 90.0 Å². The summed E-state index contributed by atoms with van der Waals surface area (Å²) < 4.78 is 46.2. The van der Waals surface area contributed by atoms with Gasteiger partial charge in [0.15, 0.2) is 22.4 Å². The lowest BCUT2D eigenvalue weighted by molar-refractivity contribution is 0.00270. The van der Waals surface area contributed by atoms with Crippen LogP contribution in [0.15, 0.2) is 309 Å². The number of fused-ring (bicyclic) bond motifs is 2. The molecule has 11 aromatic carbocycles. The fourth-order valence-corrected chi connectivity index (χ4v) is 15.5. The molecule has 3 aliphatic rings. The maximum absolute atomic E-state index is 7.78. The van der Waals surface area contributed by atoms with Crippen molar-refractivity contribution < 1.29 is 27.1 Å². The molecule has 2 saturated heterocycles. The van der Waals surface area contributed by atoms with Crippen LogP contribution < -0.4 is 9.05 Å². The highest BCUT2D eigenvalue weighted by Crippen LogP contribution is 2.73. The summed E-state index contributed by atoms with van der Waals surface area (Å²) in [5.74, 6) is 1.12. The molecular weight excluding hydrogens is 1020 g/mol. The van der Waals surface area contributed by atoms with E-state index in [1.54, 1.807) is 0 Å². The predicted molar refractivity (Wildman–Crippen MR) is 322 cm³/mol. The van der Waals surface area contributed by atoms with E-state index in [1.807, 2.05) is 54.6 Å². The van der Waals surface area contributed by atoms with Crippen LogP contribution in [0.5, 0.6) is 11.5 Å². The van der Waals surface area contributed by atoms with E-state index < -0.39 is 39.6 Å². The zero-order valence-electron chi connectivity index (χ0n) is 43.6. The molecule has 80 heavy (non-hydrogen) atoms. The summed E-state index contributed by atoms with van der Waals surface area (Å²) in [4.78, 5) is 0. The van der Waals surface area contributed by atoms with Crippen molar-refractivity contribution in [3.8, 4) is 22.6 Å². The van der Waals surface area contributed by atoms with Crippen molar-refractivity contribution in [2.75, 3.05) is 0 Å². The van der Waals surface area contributed by atoms with Gasteiger partial charge in [-0.3, -0.25) is 18.1 Å². The molecule has 8 heteroatoms. The summed E-state index contributed by atoms with van der Waals surface area (Å²) in [6, 6.07) is 98.2. The molecule has 6 nitrogen and oxygen atoms in total. The van der Waals surface area contributed by atoms with Crippen LogP contribution in [0.25, 0.3) is 32.7 Å². The lowest BCUT2D eigenvalue weighted by Gasteiger charge is -2.44. The van der Waals surface area contributed by atoms with Crippen LogP contribution in [-0.4, -0.2) is 0 Å². The van der Waals surface area contributed by atoms with Crippen LogP contribution in [0.3, 0.4) is 0 Å². The smallest absolute Gasteiger partial charge is 0.400 e. The average Bonchev–Trinajstić information content (AvgIpc) is 4.29. The Kier molecular flexibility index (Phi) is 13.2. The minimum absolute atomic E-state index is 0.558. The number of hydrogen-bond donors (Lipinski definition) is 0. The van der Waals surface area contributed by atoms with Crippen LogP contribution in [0, 0.1) is 0 Å². The van der Waals surface area contributed by atoms with Gasteiger partial charge in [0.2, 0.25) is 0 Å². The molecule has 2 atom stereocenters. The third-order valence-electron chi connectivity index (χ3n) is 15.9. The summed E-state index contributed by atoms with van der Waals surface area (Å²) in [6.07, 6.45) is 8.54. The molecule has 2 fully saturated rings. The molecule has 2 heterocycles. The first kappa shape index (κ1) is 50.0. The van der Waals surface area contributed by atoms with Gasteiger partial charge in [-0.2, -0.15) is 0 Å². The fraction of sp³-hybridized carbons (Fsp3) is 0.0833. The number of allylic oxidation sites excluding steroid dienone is 2. The maximum atomic E-state index is 7.78. The Bertz CT molecular complexity index is 3830. The minimum Gasteiger partial charge on any atom is -0.426 e. The average molecular weight is 1080 g/mol. The molecule has 14 rings (SSSR count). The SMILES string of the molecule is C1=CC(C2(c3ccccc3)OP(Oc3ccc4ccccc4c3-c3c(OP4OC(c5ccccc5)(c5ccccc5)C(c5ccccc5)(c5ccccc5)O4)ccc4ccccc34)OC2(c2ccccc2)c2ccccc2)=CCC1. The first-order valence-corrected chi connectivity index (χ1v) is 29.3. The highest BCUT2D eigenvalue weighted by atomic mass is 31.2. The molecule has 0 spiro atoms. The van der Waals surface area contributed by atoms with Crippen molar-refractivity contribution in [1.82, 2.24) is 0 Å². The molecule has 0 saturated carbocycles. The Morgan fingerprint density at radius 2 is 0.575 bits per heavy atom. The van der Waals surface area contributed by atoms with Crippen molar-refractivity contribution in [3.05, 3.63) is 348 Å². The second-order valence-corrected chi connectivity index (χ2v) is 22.2. The normalized spacial score (nSPS) is 19.1. The van der Waals surface area contributed by atoms with E-state index in [0.29, 0.717) is 11.5 Å². The second-order valence-electron chi connectivity index (χ2n) is 20.2. The summed E-state index contributed by atoms with van der Waals surface area (Å²) >= 11 is 0. The number of rotatable bonds is 13. The maximum Gasteiger partial charge on any atom is 0.400 e. The summed E-state index contributed by atoms with van der Waals surface area (Å²) in [5.41, 5.74) is 4.24. The first-order valence-electron chi connectivity index (χ1n) is 27.1. The van der Waals surface area contributed by atoms with Gasteiger partial charge in [-0.05, 0) is 91.0 Å². The Morgan fingerprint density at radius 1 is 0.287 bits per heavy atom. The van der Waals surface area contributed by atoms with Crippen LogP contribution in [0.2, 0.25) is 0 Å². The van der Waals surface area contributed by atoms with Gasteiger partial charge < -0.3 is 9.05 Å².